The quantitative estimate of drug-likeness (QED) is 0.816. The standard InChI is InChI=1S/C20H31N3O3/c1-4-26-17-12-16(20(17)10-6-5-7-11-20)23-18(24)9-8-15-13(2)21-19(25)22-14(15)3/h16-17H,4-12H2,1-3H3,(H,23,24)(H,21,22,25)/t16-,17+/m0/s1. The van der Waals surface area contributed by atoms with E-state index in [-0.39, 0.29) is 23.1 Å². The van der Waals surface area contributed by atoms with E-state index in [1.54, 1.807) is 0 Å². The van der Waals surface area contributed by atoms with Crippen LogP contribution in [0.5, 0.6) is 0 Å². The Kier molecular flexibility index (Phi) is 5.80. The van der Waals surface area contributed by atoms with Crippen molar-refractivity contribution in [2.45, 2.75) is 84.3 Å². The molecule has 0 bridgehead atoms. The summed E-state index contributed by atoms with van der Waals surface area (Å²) in [7, 11) is 0. The fourth-order valence-electron chi connectivity index (χ4n) is 4.89. The molecule has 0 saturated heterocycles. The lowest BCUT2D eigenvalue weighted by Gasteiger charge is -2.57. The van der Waals surface area contributed by atoms with Crippen molar-refractivity contribution in [3.8, 4) is 0 Å². The molecule has 2 atom stereocenters. The number of ether oxygens (including phenoxy) is 1. The molecule has 1 spiro atoms. The van der Waals surface area contributed by atoms with Crippen molar-refractivity contribution < 1.29 is 9.53 Å². The molecule has 1 aromatic heterocycles. The summed E-state index contributed by atoms with van der Waals surface area (Å²) in [5.74, 6) is 0.0832. The van der Waals surface area contributed by atoms with Gasteiger partial charge in [0.2, 0.25) is 5.91 Å². The number of carbonyl (C=O) groups excluding carboxylic acids is 1. The molecule has 2 aliphatic rings. The highest BCUT2D eigenvalue weighted by atomic mass is 16.5. The average molecular weight is 361 g/mol. The third kappa shape index (κ3) is 3.70. The highest BCUT2D eigenvalue weighted by Crippen LogP contribution is 2.53. The summed E-state index contributed by atoms with van der Waals surface area (Å²) in [5, 5.41) is 3.27. The zero-order valence-corrected chi connectivity index (χ0v) is 16.2. The van der Waals surface area contributed by atoms with E-state index in [1.807, 2.05) is 20.8 Å². The van der Waals surface area contributed by atoms with Crippen LogP contribution in [-0.4, -0.2) is 34.6 Å². The van der Waals surface area contributed by atoms with Crippen molar-refractivity contribution in [3.05, 3.63) is 27.4 Å². The van der Waals surface area contributed by atoms with E-state index in [1.165, 1.54) is 19.3 Å². The Labute approximate surface area is 155 Å². The first-order valence-corrected chi connectivity index (χ1v) is 9.93. The van der Waals surface area contributed by atoms with E-state index in [4.69, 9.17) is 4.74 Å². The Morgan fingerprint density at radius 2 is 2.04 bits per heavy atom. The third-order valence-electron chi connectivity index (χ3n) is 6.33. The summed E-state index contributed by atoms with van der Waals surface area (Å²) < 4.78 is 5.96. The summed E-state index contributed by atoms with van der Waals surface area (Å²) in [5.41, 5.74) is 2.30. The van der Waals surface area contributed by atoms with Crippen LogP contribution in [0.4, 0.5) is 0 Å². The maximum absolute atomic E-state index is 12.6. The van der Waals surface area contributed by atoms with Crippen LogP contribution >= 0.6 is 0 Å². The van der Waals surface area contributed by atoms with E-state index in [0.717, 1.165) is 37.1 Å². The molecule has 0 radical (unpaired) electrons. The molecular formula is C20H31N3O3. The van der Waals surface area contributed by atoms with Crippen molar-refractivity contribution in [2.24, 2.45) is 5.41 Å². The number of aromatic nitrogens is 2. The van der Waals surface area contributed by atoms with Gasteiger partial charge in [-0.05, 0) is 52.0 Å². The minimum absolute atomic E-state index is 0.0832. The van der Waals surface area contributed by atoms with Gasteiger partial charge in [0.15, 0.2) is 0 Å². The van der Waals surface area contributed by atoms with Crippen molar-refractivity contribution in [1.82, 2.24) is 15.3 Å². The molecule has 1 heterocycles. The minimum atomic E-state index is -0.330. The number of aromatic amines is 1. The van der Waals surface area contributed by atoms with E-state index < -0.39 is 0 Å². The summed E-state index contributed by atoms with van der Waals surface area (Å²) >= 11 is 0. The van der Waals surface area contributed by atoms with Crippen LogP contribution in [0.3, 0.4) is 0 Å². The van der Waals surface area contributed by atoms with E-state index >= 15 is 0 Å². The predicted octanol–water partition coefficient (Wildman–Crippen LogP) is 2.56. The van der Waals surface area contributed by atoms with E-state index in [9.17, 15) is 9.59 Å². The third-order valence-corrected chi connectivity index (χ3v) is 6.33. The van der Waals surface area contributed by atoms with Gasteiger partial charge >= 0.3 is 5.69 Å². The van der Waals surface area contributed by atoms with Gasteiger partial charge in [-0.25, -0.2) is 4.79 Å². The van der Waals surface area contributed by atoms with Gasteiger partial charge in [0.05, 0.1) is 6.10 Å². The lowest BCUT2D eigenvalue weighted by Crippen LogP contribution is -2.65. The maximum atomic E-state index is 12.6. The molecule has 2 saturated carbocycles. The Morgan fingerprint density at radius 1 is 1.31 bits per heavy atom. The first-order chi connectivity index (χ1) is 12.5. The van der Waals surface area contributed by atoms with Crippen LogP contribution in [0.15, 0.2) is 4.79 Å². The Morgan fingerprint density at radius 3 is 2.69 bits per heavy atom. The first-order valence-electron chi connectivity index (χ1n) is 9.93. The number of carbonyl (C=O) groups is 1. The zero-order chi connectivity index (χ0) is 18.7. The predicted molar refractivity (Wildman–Crippen MR) is 100 cm³/mol. The fourth-order valence-corrected chi connectivity index (χ4v) is 4.89. The number of aryl methyl sites for hydroxylation is 2. The molecule has 2 N–H and O–H groups in total. The summed E-state index contributed by atoms with van der Waals surface area (Å²) in [6, 6.07) is 0.239. The lowest BCUT2D eigenvalue weighted by molar-refractivity contribution is -0.157. The topological polar surface area (TPSA) is 84.1 Å². The number of hydrogen-bond acceptors (Lipinski definition) is 4. The van der Waals surface area contributed by atoms with Crippen LogP contribution in [0.25, 0.3) is 0 Å². The molecule has 26 heavy (non-hydrogen) atoms. The molecule has 2 aliphatic carbocycles. The van der Waals surface area contributed by atoms with Crippen LogP contribution in [0, 0.1) is 19.3 Å². The molecule has 1 amide bonds. The molecule has 0 unspecified atom stereocenters. The summed E-state index contributed by atoms with van der Waals surface area (Å²) in [6.07, 6.45) is 8.32. The van der Waals surface area contributed by atoms with Gasteiger partial charge in [0.1, 0.15) is 0 Å². The average Bonchev–Trinajstić information content (AvgIpc) is 2.60. The second-order valence-corrected chi connectivity index (χ2v) is 7.82. The number of hydrogen-bond donors (Lipinski definition) is 2. The molecule has 1 aromatic rings. The SMILES string of the molecule is CCO[C@@H]1C[C@H](NC(=O)CCc2c(C)nc(=O)[nH]c2C)C12CCCCC2. The number of nitrogens with zero attached hydrogens (tertiary/aromatic N) is 1. The first kappa shape index (κ1) is 19.1. The molecule has 144 valence electrons. The van der Waals surface area contributed by atoms with Gasteiger partial charge in [0, 0.05) is 35.9 Å². The molecule has 3 rings (SSSR count). The van der Waals surface area contributed by atoms with Crippen molar-refractivity contribution in [1.29, 1.82) is 0 Å². The Hall–Kier alpha value is -1.69. The smallest absolute Gasteiger partial charge is 0.345 e. The van der Waals surface area contributed by atoms with Crippen LogP contribution in [0.1, 0.15) is 68.8 Å². The lowest BCUT2D eigenvalue weighted by atomic mass is 9.55. The molecular weight excluding hydrogens is 330 g/mol. The minimum Gasteiger partial charge on any atom is -0.378 e. The largest absolute Gasteiger partial charge is 0.378 e. The van der Waals surface area contributed by atoms with Crippen LogP contribution < -0.4 is 11.0 Å². The van der Waals surface area contributed by atoms with Gasteiger partial charge < -0.3 is 15.0 Å². The van der Waals surface area contributed by atoms with Crippen molar-refractivity contribution in [2.75, 3.05) is 6.61 Å². The Bertz CT molecular complexity index is 680. The van der Waals surface area contributed by atoms with Gasteiger partial charge in [-0.15, -0.1) is 0 Å². The zero-order valence-electron chi connectivity index (χ0n) is 16.2. The van der Waals surface area contributed by atoms with Crippen LogP contribution in [0.2, 0.25) is 0 Å². The molecule has 2 fully saturated rings. The second kappa shape index (κ2) is 7.91. The number of amides is 1. The van der Waals surface area contributed by atoms with E-state index in [2.05, 4.69) is 15.3 Å². The van der Waals surface area contributed by atoms with Crippen molar-refractivity contribution >= 4 is 5.91 Å². The highest BCUT2D eigenvalue weighted by Gasteiger charge is 2.55. The molecule has 0 aromatic carbocycles. The summed E-state index contributed by atoms with van der Waals surface area (Å²) in [6.45, 7) is 6.47. The van der Waals surface area contributed by atoms with Gasteiger partial charge in [-0.1, -0.05) is 19.3 Å². The summed E-state index contributed by atoms with van der Waals surface area (Å²) in [4.78, 5) is 30.6. The number of H-pyrrole nitrogens is 1. The number of nitrogens with one attached hydrogen (secondary N) is 2. The normalized spacial score (nSPS) is 24.3. The van der Waals surface area contributed by atoms with Gasteiger partial charge in [-0.3, -0.25) is 4.79 Å². The fraction of sp³-hybridized carbons (Fsp3) is 0.750. The highest BCUT2D eigenvalue weighted by molar-refractivity contribution is 5.77. The van der Waals surface area contributed by atoms with E-state index in [0.29, 0.717) is 24.6 Å². The van der Waals surface area contributed by atoms with Gasteiger partial charge in [0.25, 0.3) is 0 Å². The molecule has 6 heteroatoms. The Balaban J connectivity index is 1.59. The van der Waals surface area contributed by atoms with Crippen LogP contribution in [-0.2, 0) is 16.0 Å². The molecule has 6 nitrogen and oxygen atoms in total. The maximum Gasteiger partial charge on any atom is 0.345 e. The van der Waals surface area contributed by atoms with Gasteiger partial charge in [-0.2, -0.15) is 4.98 Å². The van der Waals surface area contributed by atoms with Crippen molar-refractivity contribution in [3.63, 3.8) is 0 Å². The number of rotatable bonds is 6. The monoisotopic (exact) mass is 361 g/mol. The molecule has 0 aliphatic heterocycles. The second-order valence-electron chi connectivity index (χ2n) is 7.82.